The fraction of sp³-hybridized carbons (Fsp3) is 0.0811. The predicted molar refractivity (Wildman–Crippen MR) is 168 cm³/mol. The van der Waals surface area contributed by atoms with E-state index in [0.29, 0.717) is 17.5 Å². The number of aromatic nitrogens is 5. The molecule has 7 aromatic rings. The van der Waals surface area contributed by atoms with Gasteiger partial charge in [0.15, 0.2) is 17.5 Å². The van der Waals surface area contributed by atoms with Gasteiger partial charge in [-0.2, -0.15) is 0 Å². The molecule has 1 aliphatic heterocycles. The lowest BCUT2D eigenvalue weighted by molar-refractivity contribution is 0.621. The summed E-state index contributed by atoms with van der Waals surface area (Å²) >= 11 is 0. The smallest absolute Gasteiger partial charge is 0.164 e. The van der Waals surface area contributed by atoms with Gasteiger partial charge >= 0.3 is 0 Å². The maximum atomic E-state index is 5.15. The van der Waals surface area contributed by atoms with E-state index in [1.807, 2.05) is 60.7 Å². The average molecular weight is 542 g/mol. The molecule has 1 aliphatic rings. The van der Waals surface area contributed by atoms with Gasteiger partial charge in [-0.15, -0.1) is 0 Å². The minimum absolute atomic E-state index is 0.151. The van der Waals surface area contributed by atoms with Crippen molar-refractivity contribution in [3.8, 4) is 51.0 Å². The SMILES string of the molecule is CC1(C)c2ccccc2-n2c1nc1cc(-c3cccc(-c4nc(-c5ccccc5)nc(-c5ccccc5)n4)c3)ccc12. The number of hydrogen-bond donors (Lipinski definition) is 0. The molecule has 0 spiro atoms. The third-order valence-corrected chi connectivity index (χ3v) is 8.19. The number of fused-ring (bicyclic) bond motifs is 5. The summed E-state index contributed by atoms with van der Waals surface area (Å²) in [5.41, 5.74) is 9.54. The summed E-state index contributed by atoms with van der Waals surface area (Å²) in [7, 11) is 0. The molecule has 0 N–H and O–H groups in total. The molecule has 0 radical (unpaired) electrons. The molecule has 0 fully saturated rings. The third kappa shape index (κ3) is 3.85. The summed E-state index contributed by atoms with van der Waals surface area (Å²) in [6.07, 6.45) is 0. The molecule has 3 heterocycles. The minimum Gasteiger partial charge on any atom is -0.295 e. The topological polar surface area (TPSA) is 56.5 Å². The van der Waals surface area contributed by atoms with E-state index in [2.05, 4.69) is 85.1 Å². The van der Waals surface area contributed by atoms with Crippen LogP contribution in [0.4, 0.5) is 0 Å². The van der Waals surface area contributed by atoms with Gasteiger partial charge in [0.2, 0.25) is 0 Å². The fourth-order valence-electron chi connectivity index (χ4n) is 6.02. The summed E-state index contributed by atoms with van der Waals surface area (Å²) in [5.74, 6) is 3.03. The highest BCUT2D eigenvalue weighted by Crippen LogP contribution is 2.44. The summed E-state index contributed by atoms with van der Waals surface area (Å²) < 4.78 is 2.31. The maximum Gasteiger partial charge on any atom is 0.164 e. The first-order valence-electron chi connectivity index (χ1n) is 14.2. The molecule has 5 nitrogen and oxygen atoms in total. The molecule has 0 saturated carbocycles. The third-order valence-electron chi connectivity index (χ3n) is 8.19. The largest absolute Gasteiger partial charge is 0.295 e. The van der Waals surface area contributed by atoms with Crippen molar-refractivity contribution in [2.24, 2.45) is 0 Å². The van der Waals surface area contributed by atoms with E-state index in [4.69, 9.17) is 19.9 Å². The molecule has 0 saturated heterocycles. The van der Waals surface area contributed by atoms with Crippen LogP contribution >= 0.6 is 0 Å². The fourth-order valence-corrected chi connectivity index (χ4v) is 6.02. The maximum absolute atomic E-state index is 5.15. The lowest BCUT2D eigenvalue weighted by atomic mass is 9.86. The Morgan fingerprint density at radius 2 is 1.02 bits per heavy atom. The van der Waals surface area contributed by atoms with Crippen molar-refractivity contribution in [2.75, 3.05) is 0 Å². The zero-order chi connectivity index (χ0) is 28.3. The molecular weight excluding hydrogens is 514 g/mol. The van der Waals surface area contributed by atoms with E-state index in [1.54, 1.807) is 0 Å². The van der Waals surface area contributed by atoms with Gasteiger partial charge in [0.1, 0.15) is 5.82 Å². The summed E-state index contributed by atoms with van der Waals surface area (Å²) in [6.45, 7) is 4.51. The van der Waals surface area contributed by atoms with E-state index in [9.17, 15) is 0 Å². The molecule has 0 unspecified atom stereocenters. The van der Waals surface area contributed by atoms with Gasteiger partial charge in [0, 0.05) is 16.7 Å². The van der Waals surface area contributed by atoms with Crippen LogP contribution in [0.25, 0.3) is 62.0 Å². The van der Waals surface area contributed by atoms with Crippen molar-refractivity contribution in [2.45, 2.75) is 19.3 Å². The van der Waals surface area contributed by atoms with Gasteiger partial charge in [-0.3, -0.25) is 4.57 Å². The molecule has 8 rings (SSSR count). The summed E-state index contributed by atoms with van der Waals surface area (Å²) in [5, 5.41) is 0. The lowest BCUT2D eigenvalue weighted by Gasteiger charge is -2.17. The summed E-state index contributed by atoms with van der Waals surface area (Å²) in [6, 6.07) is 43.7. The quantitative estimate of drug-likeness (QED) is 0.224. The van der Waals surface area contributed by atoms with Crippen molar-refractivity contribution >= 4 is 11.0 Å². The number of para-hydroxylation sites is 1. The molecule has 5 heteroatoms. The van der Waals surface area contributed by atoms with Crippen molar-refractivity contribution < 1.29 is 0 Å². The standard InChI is InChI=1S/C37H27N5/c1-37(2)29-18-9-10-19-31(29)42-32-21-20-27(23-30(32)38-36(37)42)26-16-11-17-28(22-26)35-40-33(24-12-5-3-6-13-24)39-34(41-35)25-14-7-4-8-15-25/h3-23H,1-2H3. The minimum atomic E-state index is -0.151. The molecule has 0 atom stereocenters. The first kappa shape index (κ1) is 24.4. The van der Waals surface area contributed by atoms with Crippen LogP contribution < -0.4 is 0 Å². The number of rotatable bonds is 4. The van der Waals surface area contributed by atoms with Gasteiger partial charge < -0.3 is 0 Å². The molecule has 0 bridgehead atoms. The molecule has 200 valence electrons. The zero-order valence-corrected chi connectivity index (χ0v) is 23.4. The van der Waals surface area contributed by atoms with Crippen molar-refractivity contribution in [1.29, 1.82) is 0 Å². The summed E-state index contributed by atoms with van der Waals surface area (Å²) in [4.78, 5) is 19.8. The van der Waals surface area contributed by atoms with Gasteiger partial charge in [-0.05, 0) is 54.8 Å². The second-order valence-corrected chi connectivity index (χ2v) is 11.2. The van der Waals surface area contributed by atoms with Gasteiger partial charge in [0.05, 0.1) is 22.1 Å². The van der Waals surface area contributed by atoms with Crippen LogP contribution in [-0.4, -0.2) is 24.5 Å². The Balaban J connectivity index is 1.23. The Labute approximate surface area is 244 Å². The molecule has 0 aliphatic carbocycles. The van der Waals surface area contributed by atoms with Crippen molar-refractivity contribution in [3.05, 3.63) is 139 Å². The van der Waals surface area contributed by atoms with Crippen LogP contribution in [0, 0.1) is 0 Å². The van der Waals surface area contributed by atoms with Crippen LogP contribution in [0.3, 0.4) is 0 Å². The highest BCUT2D eigenvalue weighted by atomic mass is 15.1. The van der Waals surface area contributed by atoms with Crippen LogP contribution in [0.15, 0.2) is 127 Å². The number of benzene rings is 5. The lowest BCUT2D eigenvalue weighted by Crippen LogP contribution is -2.16. The second kappa shape index (κ2) is 9.32. The van der Waals surface area contributed by atoms with Gasteiger partial charge in [-0.1, -0.05) is 103 Å². The van der Waals surface area contributed by atoms with Crippen LogP contribution in [0.2, 0.25) is 0 Å². The van der Waals surface area contributed by atoms with Gasteiger partial charge in [0.25, 0.3) is 0 Å². The Morgan fingerprint density at radius 1 is 0.476 bits per heavy atom. The second-order valence-electron chi connectivity index (χ2n) is 11.2. The molecule has 5 aromatic carbocycles. The Morgan fingerprint density at radius 3 is 1.71 bits per heavy atom. The molecule has 0 amide bonds. The Hall–Kier alpha value is -5.42. The van der Waals surface area contributed by atoms with E-state index < -0.39 is 0 Å². The van der Waals surface area contributed by atoms with Crippen LogP contribution in [0.5, 0.6) is 0 Å². The Kier molecular flexibility index (Phi) is 5.41. The predicted octanol–water partition coefficient (Wildman–Crippen LogP) is 8.52. The van der Waals surface area contributed by atoms with E-state index in [0.717, 1.165) is 44.7 Å². The van der Waals surface area contributed by atoms with E-state index in [1.165, 1.54) is 11.3 Å². The first-order valence-corrected chi connectivity index (χ1v) is 14.2. The zero-order valence-electron chi connectivity index (χ0n) is 23.4. The van der Waals surface area contributed by atoms with Crippen LogP contribution in [0.1, 0.15) is 25.2 Å². The molecular formula is C37H27N5. The van der Waals surface area contributed by atoms with E-state index >= 15 is 0 Å². The van der Waals surface area contributed by atoms with Crippen molar-refractivity contribution in [3.63, 3.8) is 0 Å². The normalized spacial score (nSPS) is 13.2. The molecule has 2 aromatic heterocycles. The highest BCUT2D eigenvalue weighted by Gasteiger charge is 2.38. The Bertz CT molecular complexity index is 2050. The average Bonchev–Trinajstić information content (AvgIpc) is 3.54. The highest BCUT2D eigenvalue weighted by molar-refractivity contribution is 5.86. The van der Waals surface area contributed by atoms with Crippen LogP contribution in [-0.2, 0) is 5.41 Å². The molecule has 42 heavy (non-hydrogen) atoms. The van der Waals surface area contributed by atoms with Crippen molar-refractivity contribution in [1.82, 2.24) is 24.5 Å². The number of nitrogens with zero attached hydrogens (tertiary/aromatic N) is 5. The van der Waals surface area contributed by atoms with E-state index in [-0.39, 0.29) is 5.41 Å². The number of hydrogen-bond acceptors (Lipinski definition) is 4. The van der Waals surface area contributed by atoms with Gasteiger partial charge in [-0.25, -0.2) is 19.9 Å². The monoisotopic (exact) mass is 541 g/mol. The number of imidazole rings is 1. The first-order chi connectivity index (χ1) is 20.6.